The standard InChI is InChI=1S/C22H25N3O4/c1-3-29-20-11-21-23-17(9-15-7-8-28-14-15)13-25(21)12-16(20)10-19(26)18-5-4-6-22(24-18)27-2/h4-6,11-13,15H,3,7-10,14H2,1-2H3. The van der Waals surface area contributed by atoms with Gasteiger partial charge in [-0.3, -0.25) is 4.79 Å². The van der Waals surface area contributed by atoms with Crippen molar-refractivity contribution in [3.05, 3.63) is 53.6 Å². The van der Waals surface area contributed by atoms with E-state index in [1.807, 2.05) is 29.8 Å². The summed E-state index contributed by atoms with van der Waals surface area (Å²) in [6.45, 7) is 4.07. The van der Waals surface area contributed by atoms with Gasteiger partial charge in [0.05, 0.1) is 19.4 Å². The Kier molecular flexibility index (Phi) is 5.76. The summed E-state index contributed by atoms with van der Waals surface area (Å²) in [6.07, 6.45) is 6.12. The first-order chi connectivity index (χ1) is 14.2. The van der Waals surface area contributed by atoms with Crippen molar-refractivity contribution in [3.8, 4) is 11.6 Å². The second kappa shape index (κ2) is 8.61. The van der Waals surface area contributed by atoms with Crippen molar-refractivity contribution >= 4 is 11.4 Å². The van der Waals surface area contributed by atoms with Crippen LogP contribution in [0.5, 0.6) is 11.6 Å². The molecule has 0 amide bonds. The molecule has 1 aliphatic heterocycles. The quantitative estimate of drug-likeness (QED) is 0.546. The smallest absolute Gasteiger partial charge is 0.213 e. The molecule has 3 aromatic rings. The fraction of sp³-hybridized carbons (Fsp3) is 0.409. The summed E-state index contributed by atoms with van der Waals surface area (Å²) in [6, 6.07) is 7.08. The van der Waals surface area contributed by atoms with Gasteiger partial charge in [0.1, 0.15) is 17.1 Å². The Hall–Kier alpha value is -2.93. The van der Waals surface area contributed by atoms with Crippen LogP contribution in [0.15, 0.2) is 36.7 Å². The Morgan fingerprint density at radius 2 is 2.21 bits per heavy atom. The number of hydrogen-bond donors (Lipinski definition) is 0. The zero-order valence-corrected chi connectivity index (χ0v) is 16.8. The lowest BCUT2D eigenvalue weighted by Crippen LogP contribution is -2.09. The van der Waals surface area contributed by atoms with Gasteiger partial charge in [-0.25, -0.2) is 9.97 Å². The lowest BCUT2D eigenvalue weighted by Gasteiger charge is -2.10. The van der Waals surface area contributed by atoms with Gasteiger partial charge in [-0.15, -0.1) is 0 Å². The second-order valence-corrected chi connectivity index (χ2v) is 7.19. The third kappa shape index (κ3) is 4.40. The Bertz CT molecular complexity index is 1010. The van der Waals surface area contributed by atoms with E-state index in [0.29, 0.717) is 29.8 Å². The van der Waals surface area contributed by atoms with E-state index in [1.54, 1.807) is 18.2 Å². The van der Waals surface area contributed by atoms with Gasteiger partial charge in [0, 0.05) is 49.7 Å². The third-order valence-corrected chi connectivity index (χ3v) is 5.07. The Morgan fingerprint density at radius 3 is 2.97 bits per heavy atom. The van der Waals surface area contributed by atoms with Crippen LogP contribution in [0.25, 0.3) is 5.65 Å². The molecule has 29 heavy (non-hydrogen) atoms. The highest BCUT2D eigenvalue weighted by Crippen LogP contribution is 2.25. The molecule has 0 spiro atoms. The molecule has 0 aromatic carbocycles. The molecule has 1 atom stereocenters. The van der Waals surface area contributed by atoms with Crippen LogP contribution in [0.1, 0.15) is 35.1 Å². The highest BCUT2D eigenvalue weighted by molar-refractivity contribution is 5.96. The Balaban J connectivity index is 1.60. The molecule has 7 heteroatoms. The summed E-state index contributed by atoms with van der Waals surface area (Å²) in [5, 5.41) is 0. The van der Waals surface area contributed by atoms with E-state index in [-0.39, 0.29) is 12.2 Å². The molecule has 152 valence electrons. The predicted molar refractivity (Wildman–Crippen MR) is 108 cm³/mol. The molecule has 0 bridgehead atoms. The molecular weight excluding hydrogens is 370 g/mol. The highest BCUT2D eigenvalue weighted by Gasteiger charge is 2.19. The van der Waals surface area contributed by atoms with Gasteiger partial charge in [-0.1, -0.05) is 6.07 Å². The fourth-order valence-corrected chi connectivity index (χ4v) is 3.62. The van der Waals surface area contributed by atoms with Crippen molar-refractivity contribution in [3.63, 3.8) is 0 Å². The third-order valence-electron chi connectivity index (χ3n) is 5.07. The number of nitrogens with zero attached hydrogens (tertiary/aromatic N) is 3. The van der Waals surface area contributed by atoms with Gasteiger partial charge in [0.15, 0.2) is 5.78 Å². The number of pyridine rings is 2. The summed E-state index contributed by atoms with van der Waals surface area (Å²) in [5.41, 5.74) is 3.03. The normalized spacial score (nSPS) is 16.3. The molecule has 0 N–H and O–H groups in total. The van der Waals surface area contributed by atoms with Crippen LogP contribution in [0, 0.1) is 5.92 Å². The number of rotatable bonds is 8. The Labute approximate surface area is 169 Å². The molecule has 0 aliphatic carbocycles. The molecule has 4 heterocycles. The number of hydrogen-bond acceptors (Lipinski definition) is 6. The topological polar surface area (TPSA) is 75.0 Å². The number of imidazole rings is 1. The van der Waals surface area contributed by atoms with Crippen LogP contribution in [0.3, 0.4) is 0 Å². The number of carbonyl (C=O) groups excluding carboxylic acids is 1. The van der Waals surface area contributed by atoms with Crippen LogP contribution in [0.2, 0.25) is 0 Å². The fourth-order valence-electron chi connectivity index (χ4n) is 3.62. The maximum Gasteiger partial charge on any atom is 0.213 e. The second-order valence-electron chi connectivity index (χ2n) is 7.19. The number of carbonyl (C=O) groups is 1. The van der Waals surface area contributed by atoms with E-state index in [0.717, 1.165) is 43.0 Å². The van der Waals surface area contributed by atoms with Crippen molar-refractivity contribution in [1.82, 2.24) is 14.4 Å². The van der Waals surface area contributed by atoms with E-state index >= 15 is 0 Å². The average Bonchev–Trinajstić information content (AvgIpc) is 3.37. The molecule has 3 aromatic heterocycles. The SMILES string of the molecule is CCOc1cc2nc(CC3CCOC3)cn2cc1CC(=O)c1cccc(OC)n1. The largest absolute Gasteiger partial charge is 0.493 e. The molecule has 0 saturated carbocycles. The lowest BCUT2D eigenvalue weighted by atomic mass is 10.0. The van der Waals surface area contributed by atoms with Crippen molar-refractivity contribution < 1.29 is 19.0 Å². The van der Waals surface area contributed by atoms with E-state index in [1.165, 1.54) is 7.11 Å². The maximum atomic E-state index is 12.8. The van der Waals surface area contributed by atoms with Gasteiger partial charge in [0.2, 0.25) is 5.88 Å². The molecule has 1 saturated heterocycles. The molecule has 1 aliphatic rings. The van der Waals surface area contributed by atoms with Gasteiger partial charge < -0.3 is 18.6 Å². The van der Waals surface area contributed by atoms with Crippen molar-refractivity contribution in [1.29, 1.82) is 0 Å². The number of ether oxygens (including phenoxy) is 3. The first-order valence-corrected chi connectivity index (χ1v) is 9.91. The summed E-state index contributed by atoms with van der Waals surface area (Å²) >= 11 is 0. The molecule has 0 radical (unpaired) electrons. The van der Waals surface area contributed by atoms with Gasteiger partial charge in [-0.05, 0) is 31.7 Å². The van der Waals surface area contributed by atoms with Crippen LogP contribution in [-0.2, 0) is 17.6 Å². The zero-order chi connectivity index (χ0) is 20.2. The minimum Gasteiger partial charge on any atom is -0.493 e. The maximum absolute atomic E-state index is 12.8. The molecule has 1 fully saturated rings. The van der Waals surface area contributed by atoms with Crippen LogP contribution >= 0.6 is 0 Å². The van der Waals surface area contributed by atoms with Gasteiger partial charge >= 0.3 is 0 Å². The van der Waals surface area contributed by atoms with Crippen molar-refractivity contribution in [2.45, 2.75) is 26.2 Å². The van der Waals surface area contributed by atoms with E-state index in [2.05, 4.69) is 4.98 Å². The van der Waals surface area contributed by atoms with Crippen molar-refractivity contribution in [2.24, 2.45) is 5.92 Å². The van der Waals surface area contributed by atoms with Crippen LogP contribution in [0.4, 0.5) is 0 Å². The summed E-state index contributed by atoms with van der Waals surface area (Å²) in [7, 11) is 1.53. The first-order valence-electron chi connectivity index (χ1n) is 9.91. The van der Waals surface area contributed by atoms with E-state index in [4.69, 9.17) is 19.2 Å². The molecule has 7 nitrogen and oxygen atoms in total. The van der Waals surface area contributed by atoms with Gasteiger partial charge in [0.25, 0.3) is 0 Å². The first kappa shape index (κ1) is 19.4. The monoisotopic (exact) mass is 395 g/mol. The summed E-state index contributed by atoms with van der Waals surface area (Å²) < 4.78 is 18.4. The highest BCUT2D eigenvalue weighted by atomic mass is 16.5. The number of methoxy groups -OCH3 is 1. The molecule has 1 unspecified atom stereocenters. The minimum atomic E-state index is -0.0901. The Morgan fingerprint density at radius 1 is 1.31 bits per heavy atom. The van der Waals surface area contributed by atoms with E-state index < -0.39 is 0 Å². The number of fused-ring (bicyclic) bond motifs is 1. The van der Waals surface area contributed by atoms with Crippen LogP contribution in [-0.4, -0.2) is 47.1 Å². The van der Waals surface area contributed by atoms with E-state index in [9.17, 15) is 4.79 Å². The summed E-state index contributed by atoms with van der Waals surface area (Å²) in [4.78, 5) is 21.8. The summed E-state index contributed by atoms with van der Waals surface area (Å²) in [5.74, 6) is 1.53. The van der Waals surface area contributed by atoms with Crippen LogP contribution < -0.4 is 9.47 Å². The molecular formula is C22H25N3O4. The average molecular weight is 395 g/mol. The van der Waals surface area contributed by atoms with Gasteiger partial charge in [-0.2, -0.15) is 0 Å². The number of ketones is 1. The minimum absolute atomic E-state index is 0.0901. The van der Waals surface area contributed by atoms with Crippen molar-refractivity contribution in [2.75, 3.05) is 26.9 Å². The molecule has 4 rings (SSSR count). The lowest BCUT2D eigenvalue weighted by molar-refractivity contribution is 0.0986. The zero-order valence-electron chi connectivity index (χ0n) is 16.8. The number of aromatic nitrogens is 3. The predicted octanol–water partition coefficient (Wildman–Crippen LogP) is 3.14. The number of Topliss-reactive ketones (excluding diaryl/α,β-unsaturated/α-hetero) is 1.